The number of rotatable bonds is 3. The maximum absolute atomic E-state index is 11.7. The number of hydrogen-bond acceptors (Lipinski definition) is 2. The van der Waals surface area contributed by atoms with Crippen LogP contribution in [0.4, 0.5) is 0 Å². The Bertz CT molecular complexity index is 505. The van der Waals surface area contributed by atoms with Crippen molar-refractivity contribution in [3.63, 3.8) is 0 Å². The van der Waals surface area contributed by atoms with Crippen LogP contribution in [0.25, 0.3) is 0 Å². The van der Waals surface area contributed by atoms with Crippen LogP contribution in [0.15, 0.2) is 29.6 Å². The summed E-state index contributed by atoms with van der Waals surface area (Å²) in [6.07, 6.45) is 7.19. The first-order valence-electron chi connectivity index (χ1n) is 4.94. The van der Waals surface area contributed by atoms with Crippen LogP contribution >= 0.6 is 0 Å². The predicted octanol–water partition coefficient (Wildman–Crippen LogP) is 0.452. The molecule has 80 valence electrons. The largest absolute Gasteiger partial charge is 0.337 e. The zero-order valence-electron chi connectivity index (χ0n) is 8.92. The van der Waals surface area contributed by atoms with E-state index >= 15 is 0 Å². The Morgan fingerprint density at radius 3 is 2.53 bits per heavy atom. The van der Waals surface area contributed by atoms with E-state index in [2.05, 4.69) is 4.98 Å². The molecule has 0 aliphatic carbocycles. The third kappa shape index (κ3) is 1.72. The number of aromatic nitrogens is 4. The van der Waals surface area contributed by atoms with Crippen LogP contribution in [0.2, 0.25) is 0 Å². The van der Waals surface area contributed by atoms with E-state index in [1.54, 1.807) is 27.7 Å². The fraction of sp³-hybridized carbons (Fsp3) is 0.400. The molecule has 0 fully saturated rings. The monoisotopic (exact) mass is 206 g/mol. The average Bonchev–Trinajstić information content (AvgIpc) is 2.77. The molecule has 15 heavy (non-hydrogen) atoms. The van der Waals surface area contributed by atoms with E-state index in [0.717, 1.165) is 5.82 Å². The highest BCUT2D eigenvalue weighted by Gasteiger charge is 2.04. The second-order valence-corrected chi connectivity index (χ2v) is 3.45. The van der Waals surface area contributed by atoms with E-state index in [-0.39, 0.29) is 5.69 Å². The molecule has 0 aliphatic heterocycles. The maximum atomic E-state index is 11.7. The van der Waals surface area contributed by atoms with Gasteiger partial charge in [-0.25, -0.2) is 9.78 Å². The van der Waals surface area contributed by atoms with Crippen molar-refractivity contribution in [2.24, 2.45) is 7.05 Å². The van der Waals surface area contributed by atoms with Crippen molar-refractivity contribution >= 4 is 0 Å². The van der Waals surface area contributed by atoms with Crippen LogP contribution < -0.4 is 5.69 Å². The zero-order valence-corrected chi connectivity index (χ0v) is 8.92. The normalized spacial score (nSPS) is 10.8. The summed E-state index contributed by atoms with van der Waals surface area (Å²) in [5.41, 5.74) is 0.0144. The van der Waals surface area contributed by atoms with Gasteiger partial charge in [0.2, 0.25) is 0 Å². The lowest BCUT2D eigenvalue weighted by atomic mass is 10.6. The minimum atomic E-state index is 0.0144. The van der Waals surface area contributed by atoms with Crippen molar-refractivity contribution in [2.45, 2.75) is 20.0 Å². The lowest BCUT2D eigenvalue weighted by Crippen LogP contribution is -2.24. The molecule has 0 atom stereocenters. The first-order chi connectivity index (χ1) is 7.22. The van der Waals surface area contributed by atoms with Crippen LogP contribution in [0, 0.1) is 0 Å². The Morgan fingerprint density at radius 2 is 2.00 bits per heavy atom. The molecule has 2 rings (SSSR count). The number of nitrogens with zero attached hydrogens (tertiary/aromatic N) is 4. The summed E-state index contributed by atoms with van der Waals surface area (Å²) in [6, 6.07) is 0. The van der Waals surface area contributed by atoms with Crippen molar-refractivity contribution in [3.8, 4) is 0 Å². The fourth-order valence-corrected chi connectivity index (χ4v) is 1.52. The van der Waals surface area contributed by atoms with Crippen LogP contribution in [0.3, 0.4) is 0 Å². The smallest absolute Gasteiger partial charge is 0.328 e. The van der Waals surface area contributed by atoms with Gasteiger partial charge in [0.05, 0.1) is 6.54 Å². The van der Waals surface area contributed by atoms with Crippen molar-refractivity contribution in [3.05, 3.63) is 41.1 Å². The highest BCUT2D eigenvalue weighted by molar-refractivity contribution is 4.94. The molecular weight excluding hydrogens is 192 g/mol. The first-order valence-corrected chi connectivity index (χ1v) is 4.94. The average molecular weight is 206 g/mol. The maximum Gasteiger partial charge on any atom is 0.328 e. The summed E-state index contributed by atoms with van der Waals surface area (Å²) in [6.45, 7) is 3.17. The Hall–Kier alpha value is -1.78. The van der Waals surface area contributed by atoms with E-state index in [0.29, 0.717) is 13.1 Å². The Balaban J connectivity index is 2.29. The lowest BCUT2D eigenvalue weighted by Gasteiger charge is -2.01. The highest BCUT2D eigenvalue weighted by Crippen LogP contribution is 1.96. The van der Waals surface area contributed by atoms with Crippen LogP contribution in [0.5, 0.6) is 0 Å². The van der Waals surface area contributed by atoms with Gasteiger partial charge >= 0.3 is 5.69 Å². The predicted molar refractivity (Wildman–Crippen MR) is 56.7 cm³/mol. The molecule has 0 aliphatic rings. The number of hydrogen-bond donors (Lipinski definition) is 0. The minimum Gasteiger partial charge on any atom is -0.337 e. The summed E-state index contributed by atoms with van der Waals surface area (Å²) >= 11 is 0. The van der Waals surface area contributed by atoms with Gasteiger partial charge in [0.15, 0.2) is 0 Å². The van der Waals surface area contributed by atoms with Crippen LogP contribution in [-0.4, -0.2) is 18.7 Å². The first kappa shape index (κ1) is 9.76. The molecule has 0 bridgehead atoms. The molecule has 0 unspecified atom stereocenters. The Kier molecular flexibility index (Phi) is 2.45. The molecule has 0 amide bonds. The number of aryl methyl sites for hydroxylation is 2. The van der Waals surface area contributed by atoms with Gasteiger partial charge < -0.3 is 4.57 Å². The standard InChI is InChI=1S/C10H14N4O/c1-3-13-6-7-14(10(13)15)8-9-11-4-5-12(9)2/h4-7H,3,8H2,1-2H3. The minimum absolute atomic E-state index is 0.0144. The van der Waals surface area contributed by atoms with Gasteiger partial charge in [-0.1, -0.05) is 0 Å². The van der Waals surface area contributed by atoms with Crippen LogP contribution in [0.1, 0.15) is 12.7 Å². The lowest BCUT2D eigenvalue weighted by molar-refractivity contribution is 0.637. The van der Waals surface area contributed by atoms with Crippen molar-refractivity contribution < 1.29 is 0 Å². The SMILES string of the molecule is CCn1ccn(Cc2nccn2C)c1=O. The van der Waals surface area contributed by atoms with Crippen molar-refractivity contribution in [1.29, 1.82) is 0 Å². The van der Waals surface area contributed by atoms with Crippen molar-refractivity contribution in [1.82, 2.24) is 18.7 Å². The highest BCUT2D eigenvalue weighted by atomic mass is 16.1. The molecule has 0 saturated heterocycles. The van der Waals surface area contributed by atoms with E-state index in [4.69, 9.17) is 0 Å². The fourth-order valence-electron chi connectivity index (χ4n) is 1.52. The zero-order chi connectivity index (χ0) is 10.8. The molecular formula is C10H14N4O. The van der Waals surface area contributed by atoms with Crippen molar-refractivity contribution in [2.75, 3.05) is 0 Å². The van der Waals surface area contributed by atoms with Gasteiger partial charge in [0, 0.05) is 38.4 Å². The van der Waals surface area contributed by atoms with E-state index in [9.17, 15) is 4.79 Å². The number of imidazole rings is 2. The summed E-state index contributed by atoms with van der Waals surface area (Å²) in [5, 5.41) is 0. The van der Waals surface area contributed by atoms with Gasteiger partial charge in [-0.15, -0.1) is 0 Å². The van der Waals surface area contributed by atoms with Gasteiger partial charge in [0.25, 0.3) is 0 Å². The van der Waals surface area contributed by atoms with Gasteiger partial charge in [-0.2, -0.15) is 0 Å². The van der Waals surface area contributed by atoms with Gasteiger partial charge in [-0.05, 0) is 6.92 Å². The van der Waals surface area contributed by atoms with E-state index < -0.39 is 0 Å². The Morgan fingerprint density at radius 1 is 1.27 bits per heavy atom. The molecule has 0 aromatic carbocycles. The van der Waals surface area contributed by atoms with Crippen LogP contribution in [-0.2, 0) is 20.1 Å². The molecule has 2 aromatic heterocycles. The second kappa shape index (κ2) is 3.76. The van der Waals surface area contributed by atoms with E-state index in [1.807, 2.05) is 24.7 Å². The summed E-state index contributed by atoms with van der Waals surface area (Å²) in [5.74, 6) is 0.881. The molecule has 2 aromatic rings. The molecule has 0 saturated carbocycles. The molecule has 2 heterocycles. The molecule has 0 N–H and O–H groups in total. The summed E-state index contributed by atoms with van der Waals surface area (Å²) in [7, 11) is 1.92. The molecule has 5 heteroatoms. The summed E-state index contributed by atoms with van der Waals surface area (Å²) in [4.78, 5) is 15.9. The molecule has 0 spiro atoms. The topological polar surface area (TPSA) is 44.8 Å². The third-order valence-corrected chi connectivity index (χ3v) is 2.49. The van der Waals surface area contributed by atoms with E-state index in [1.165, 1.54) is 0 Å². The summed E-state index contributed by atoms with van der Waals surface area (Å²) < 4.78 is 5.24. The quantitative estimate of drug-likeness (QED) is 0.732. The van der Waals surface area contributed by atoms with Gasteiger partial charge in [-0.3, -0.25) is 9.13 Å². The molecule has 0 radical (unpaired) electrons. The van der Waals surface area contributed by atoms with Gasteiger partial charge in [0.1, 0.15) is 5.82 Å². The molecule has 5 nitrogen and oxygen atoms in total. The third-order valence-electron chi connectivity index (χ3n) is 2.49. The second-order valence-electron chi connectivity index (χ2n) is 3.45. The Labute approximate surface area is 87.6 Å².